The summed E-state index contributed by atoms with van der Waals surface area (Å²) in [4.78, 5) is 59.0. The lowest BCUT2D eigenvalue weighted by Crippen LogP contribution is -2.35. The first-order chi connectivity index (χ1) is 46.0. The predicted molar refractivity (Wildman–Crippen MR) is 339 cm³/mol. The number of halogens is 7. The van der Waals surface area contributed by atoms with E-state index in [4.69, 9.17) is 28.8 Å². The molecule has 2 aliphatic carbocycles. The van der Waals surface area contributed by atoms with Gasteiger partial charge in [0.2, 0.25) is 23.6 Å². The minimum absolute atomic E-state index is 0.0271. The Morgan fingerprint density at radius 1 is 0.469 bits per heavy atom. The van der Waals surface area contributed by atoms with Crippen molar-refractivity contribution in [1.29, 1.82) is 0 Å². The normalized spacial score (nSPS) is 13.2. The number of aromatic hydroxyl groups is 1. The molecule has 2 heterocycles. The van der Waals surface area contributed by atoms with Gasteiger partial charge in [-0.2, -0.15) is 21.6 Å². The number of aromatic nitrogens is 2. The molecule has 19 nitrogen and oxygen atoms in total. The molecule has 0 saturated heterocycles. The van der Waals surface area contributed by atoms with Crippen molar-refractivity contribution in [1.82, 2.24) is 9.97 Å². The van der Waals surface area contributed by atoms with Crippen molar-refractivity contribution in [2.45, 2.75) is 44.4 Å². The highest BCUT2D eigenvalue weighted by Crippen LogP contribution is 2.49. The molecule has 5 N–H and O–H groups in total. The molecular weight excluding hydrogens is 1290 g/mol. The summed E-state index contributed by atoms with van der Waals surface area (Å²) < 4.78 is 148. The zero-order valence-electron chi connectivity index (χ0n) is 50.5. The molecule has 4 amide bonds. The molecule has 8 aromatic carbocycles. The lowest BCUT2D eigenvalue weighted by molar-refractivity contribution is -0.132. The maximum atomic E-state index is 15.2. The van der Waals surface area contributed by atoms with Crippen molar-refractivity contribution in [3.05, 3.63) is 229 Å². The van der Waals surface area contributed by atoms with Crippen LogP contribution in [0.4, 0.5) is 53.5 Å². The molecule has 0 unspecified atom stereocenters. The van der Waals surface area contributed by atoms with Crippen molar-refractivity contribution in [3.8, 4) is 46.0 Å². The Kier molecular flexibility index (Phi) is 20.2. The highest BCUT2D eigenvalue weighted by Gasteiger charge is 2.57. The number of fused-ring (bicyclic) bond motifs is 2. The number of hydrogen-bond acceptors (Lipinski definition) is 15. The van der Waals surface area contributed by atoms with Gasteiger partial charge in [-0.15, -0.1) is 0 Å². The van der Waals surface area contributed by atoms with Crippen LogP contribution in [0, 0.1) is 34.1 Å². The Balaban J connectivity index is 0.000000167. The molecule has 494 valence electrons. The number of nitrogens with zero attached hydrogens (tertiary/aromatic N) is 2. The second-order valence-corrected chi connectivity index (χ2v) is 23.1. The average molecular weight is 1340 g/mol. The van der Waals surface area contributed by atoms with Crippen LogP contribution < -0.4 is 49.1 Å². The first kappa shape index (κ1) is 67.4. The Bertz CT molecular complexity index is 4630. The molecule has 0 radical (unpaired) electrons. The van der Waals surface area contributed by atoms with E-state index in [0.29, 0.717) is 77.6 Å². The number of phenolic OH excluding ortho intramolecular Hbond substituents is 1. The van der Waals surface area contributed by atoms with E-state index < -0.39 is 84.9 Å². The minimum Gasteiger partial charge on any atom is -0.505 e. The number of rotatable bonds is 20. The first-order valence-electron chi connectivity index (χ1n) is 29.0. The highest BCUT2D eigenvalue weighted by molar-refractivity contribution is 7.88. The van der Waals surface area contributed by atoms with Crippen LogP contribution in [0.5, 0.6) is 46.0 Å². The molecule has 2 fully saturated rings. The molecule has 12 rings (SSSR count). The van der Waals surface area contributed by atoms with E-state index in [2.05, 4.69) is 35.4 Å². The van der Waals surface area contributed by atoms with E-state index in [1.54, 1.807) is 24.4 Å². The van der Waals surface area contributed by atoms with Gasteiger partial charge in [-0.05, 0) is 128 Å². The van der Waals surface area contributed by atoms with Gasteiger partial charge in [-0.25, -0.2) is 17.6 Å². The SMILES string of the molecule is COc1cc2c(OS(=O)(=O)C(F)(F)F)ccnc2cc1OCc1ccccc1.COc1cc2c(Oc3ccc(NC(=O)C4(C(=O)Nc5ccc(F)cc5)CC4)cc3F)ccnc2cc1OCc1ccccc1.O=C(Nc1ccc(F)cc1)C1(C(=O)Nc2ccc(O)c(F)c2)CC1. The van der Waals surface area contributed by atoms with E-state index >= 15 is 4.39 Å². The van der Waals surface area contributed by atoms with Crippen molar-refractivity contribution < 1.29 is 91.3 Å². The predicted octanol–water partition coefficient (Wildman–Crippen LogP) is 14.3. The number of carbonyl (C=O) groups excluding carboxylic acids is 4. The number of phenols is 1. The van der Waals surface area contributed by atoms with E-state index in [-0.39, 0.29) is 40.4 Å². The molecule has 2 aromatic heterocycles. The third-order valence-corrected chi connectivity index (χ3v) is 16.0. The number of anilines is 4. The highest BCUT2D eigenvalue weighted by atomic mass is 32.2. The number of methoxy groups -OCH3 is 2. The van der Waals surface area contributed by atoms with Gasteiger partial charge in [-0.3, -0.25) is 29.1 Å². The van der Waals surface area contributed by atoms with Gasteiger partial charge in [0.15, 0.2) is 51.9 Å². The topological polar surface area (TPSA) is 252 Å². The Hall–Kier alpha value is -11.5. The summed E-state index contributed by atoms with van der Waals surface area (Å²) in [5.74, 6) is -3.89. The molecule has 0 spiro atoms. The largest absolute Gasteiger partial charge is 0.534 e. The van der Waals surface area contributed by atoms with Crippen molar-refractivity contribution in [2.75, 3.05) is 35.5 Å². The van der Waals surface area contributed by atoms with Gasteiger partial charge in [-0.1, -0.05) is 60.7 Å². The molecule has 10 aromatic rings. The summed E-state index contributed by atoms with van der Waals surface area (Å²) in [6.07, 6.45) is 4.10. The molecule has 27 heteroatoms. The van der Waals surface area contributed by atoms with Crippen LogP contribution in [-0.2, 0) is 42.5 Å². The average Bonchev–Trinajstić information content (AvgIpc) is 1.54. The van der Waals surface area contributed by atoms with Crippen LogP contribution in [-0.4, -0.2) is 66.8 Å². The summed E-state index contributed by atoms with van der Waals surface area (Å²) in [5.41, 5.74) is -4.34. The lowest BCUT2D eigenvalue weighted by Gasteiger charge is -2.16. The van der Waals surface area contributed by atoms with Crippen LogP contribution in [0.1, 0.15) is 36.8 Å². The standard InChI is InChI=1S/C34H27F2N3O5.C18H14F3NO5S.C17H14F2N2O3/c1-42-30-18-25-27(19-31(30)43-20-21-5-3-2-4-6-21)37-16-13-28(25)44-29-12-11-24(17-26(29)36)39-33(41)34(14-15-34)32(40)38-23-9-7-22(35)8-10-23;1-25-16-9-13-14(10-17(16)26-11-12-5-3-2-4-6-12)22-8-7-15(13)27-28(23,24)18(19,20)21;18-10-1-3-11(4-2-10)20-15(23)17(7-8-17)16(24)21-12-5-6-14(22)13(19)9-12/h2-13,16-19H,14-15,20H2,1H3,(H,38,40)(H,39,41);2-10H,11H2,1H3;1-6,9,22H,7-8H2,(H,20,23)(H,21,24). The smallest absolute Gasteiger partial charge is 0.505 e. The van der Waals surface area contributed by atoms with Crippen LogP contribution in [0.25, 0.3) is 21.8 Å². The molecule has 2 saturated carbocycles. The molecular formula is C69H55F7N6O13S. The number of carbonyl (C=O) groups is 4. The monoisotopic (exact) mass is 1340 g/mol. The quantitative estimate of drug-likeness (QED) is 0.0156. The second kappa shape index (κ2) is 28.8. The Labute approximate surface area is 542 Å². The van der Waals surface area contributed by atoms with Gasteiger partial charge in [0.1, 0.15) is 41.4 Å². The van der Waals surface area contributed by atoms with Crippen LogP contribution in [0.3, 0.4) is 0 Å². The summed E-state index contributed by atoms with van der Waals surface area (Å²) >= 11 is 0. The van der Waals surface area contributed by atoms with Crippen molar-refractivity contribution in [2.24, 2.45) is 10.8 Å². The molecule has 2 aliphatic rings. The number of alkyl halides is 3. The molecule has 0 atom stereocenters. The fourth-order valence-corrected chi connectivity index (χ4v) is 9.87. The fraction of sp³-hybridized carbons (Fsp3) is 0.159. The Morgan fingerprint density at radius 3 is 1.27 bits per heavy atom. The zero-order valence-corrected chi connectivity index (χ0v) is 51.3. The second-order valence-electron chi connectivity index (χ2n) is 21.6. The fourth-order valence-electron chi connectivity index (χ4n) is 9.40. The summed E-state index contributed by atoms with van der Waals surface area (Å²) in [5, 5.41) is 20.1. The van der Waals surface area contributed by atoms with E-state index in [9.17, 15) is 53.9 Å². The molecule has 96 heavy (non-hydrogen) atoms. The lowest BCUT2D eigenvalue weighted by atomic mass is 10.0. The summed E-state index contributed by atoms with van der Waals surface area (Å²) in [6, 6.07) is 45.7. The van der Waals surface area contributed by atoms with E-state index in [0.717, 1.165) is 41.6 Å². The van der Waals surface area contributed by atoms with Crippen LogP contribution >= 0.6 is 0 Å². The summed E-state index contributed by atoms with van der Waals surface area (Å²) in [7, 11) is -2.94. The van der Waals surface area contributed by atoms with Gasteiger partial charge in [0.05, 0.1) is 25.3 Å². The molecule has 0 aliphatic heterocycles. The first-order valence-corrected chi connectivity index (χ1v) is 30.4. The minimum atomic E-state index is -5.82. The number of nitrogens with one attached hydrogen (secondary N) is 4. The maximum absolute atomic E-state index is 15.2. The third kappa shape index (κ3) is 16.1. The third-order valence-electron chi connectivity index (χ3n) is 15.0. The number of ether oxygens (including phenoxy) is 5. The summed E-state index contributed by atoms with van der Waals surface area (Å²) in [6.45, 7) is 0.564. The van der Waals surface area contributed by atoms with Crippen molar-refractivity contribution >= 4 is 78.3 Å². The number of hydrogen-bond donors (Lipinski definition) is 5. The van der Waals surface area contributed by atoms with E-state index in [1.165, 1.54) is 93.1 Å². The number of pyridine rings is 2. The van der Waals surface area contributed by atoms with E-state index in [1.807, 2.05) is 60.7 Å². The van der Waals surface area contributed by atoms with Crippen LogP contribution in [0.15, 0.2) is 194 Å². The zero-order chi connectivity index (χ0) is 68.4. The molecule has 0 bridgehead atoms. The van der Waals surface area contributed by atoms with Gasteiger partial charge < -0.3 is 54.2 Å². The van der Waals surface area contributed by atoms with Gasteiger partial charge >= 0.3 is 15.6 Å². The van der Waals surface area contributed by atoms with Crippen LogP contribution in [0.2, 0.25) is 0 Å². The Morgan fingerprint density at radius 2 is 0.865 bits per heavy atom. The number of benzene rings is 8. The maximum Gasteiger partial charge on any atom is 0.534 e. The number of amides is 4. The van der Waals surface area contributed by atoms with Crippen molar-refractivity contribution in [3.63, 3.8) is 0 Å². The van der Waals surface area contributed by atoms with Gasteiger partial charge in [0.25, 0.3) is 0 Å². The van der Waals surface area contributed by atoms with Gasteiger partial charge in [0, 0.05) is 76.2 Å².